The van der Waals surface area contributed by atoms with Gasteiger partial charge >= 0.3 is 0 Å². The van der Waals surface area contributed by atoms with E-state index in [1.807, 2.05) is 17.6 Å². The minimum absolute atomic E-state index is 0.672. The maximum absolute atomic E-state index is 5.56. The molecular weight excluding hydrogens is 272 g/mol. The number of rotatable bonds is 3. The third-order valence-corrected chi connectivity index (χ3v) is 3.55. The largest absolute Gasteiger partial charge is 0.330 e. The predicted molar refractivity (Wildman–Crippen MR) is 68.0 cm³/mol. The van der Waals surface area contributed by atoms with E-state index in [9.17, 15) is 0 Å². The van der Waals surface area contributed by atoms with E-state index in [1.165, 1.54) is 4.88 Å². The lowest BCUT2D eigenvalue weighted by Gasteiger charge is -2.01. The van der Waals surface area contributed by atoms with Crippen LogP contribution in [0.15, 0.2) is 34.2 Å². The minimum Gasteiger partial charge on any atom is -0.330 e. The fourth-order valence-corrected chi connectivity index (χ4v) is 2.49. The molecule has 1 aromatic carbocycles. The molecule has 0 fully saturated rings. The van der Waals surface area contributed by atoms with Crippen molar-refractivity contribution in [3.8, 4) is 11.3 Å². The Morgan fingerprint density at radius 3 is 2.67 bits per heavy atom. The lowest BCUT2D eigenvalue weighted by atomic mass is 10.1. The van der Waals surface area contributed by atoms with Gasteiger partial charge < -0.3 is 5.73 Å². The van der Waals surface area contributed by atoms with E-state index in [4.69, 9.17) is 5.73 Å². The quantitative estimate of drug-likeness (QED) is 0.940. The highest BCUT2D eigenvalue weighted by Gasteiger charge is 2.07. The van der Waals surface area contributed by atoms with Crippen LogP contribution >= 0.6 is 27.3 Å². The van der Waals surface area contributed by atoms with Crippen LogP contribution in [-0.4, -0.2) is 11.5 Å². The number of aromatic nitrogens is 1. The molecule has 2 nitrogen and oxygen atoms in total. The van der Waals surface area contributed by atoms with Crippen LogP contribution < -0.4 is 5.73 Å². The Kier molecular flexibility index (Phi) is 3.51. The Morgan fingerprint density at radius 1 is 1.27 bits per heavy atom. The summed E-state index contributed by atoms with van der Waals surface area (Å²) in [7, 11) is 0. The van der Waals surface area contributed by atoms with E-state index in [0.717, 1.165) is 22.2 Å². The van der Waals surface area contributed by atoms with E-state index in [1.54, 1.807) is 11.3 Å². The number of halogens is 1. The maximum Gasteiger partial charge on any atom is 0.0843 e. The monoisotopic (exact) mass is 282 g/mol. The van der Waals surface area contributed by atoms with E-state index in [0.29, 0.717) is 6.54 Å². The van der Waals surface area contributed by atoms with Crippen LogP contribution in [0.2, 0.25) is 0 Å². The smallest absolute Gasteiger partial charge is 0.0843 e. The van der Waals surface area contributed by atoms with Crippen molar-refractivity contribution in [2.75, 3.05) is 6.54 Å². The van der Waals surface area contributed by atoms with E-state index < -0.39 is 0 Å². The van der Waals surface area contributed by atoms with Crippen molar-refractivity contribution in [2.45, 2.75) is 6.42 Å². The van der Waals surface area contributed by atoms with Crippen molar-refractivity contribution in [1.82, 2.24) is 4.98 Å². The highest BCUT2D eigenvalue weighted by Crippen LogP contribution is 2.26. The molecule has 2 rings (SSSR count). The lowest BCUT2D eigenvalue weighted by Crippen LogP contribution is -2.02. The van der Waals surface area contributed by atoms with Gasteiger partial charge in [0.2, 0.25) is 0 Å². The van der Waals surface area contributed by atoms with Crippen molar-refractivity contribution in [1.29, 1.82) is 0 Å². The molecule has 1 aromatic heterocycles. The Morgan fingerprint density at radius 2 is 2.00 bits per heavy atom. The molecule has 0 atom stereocenters. The van der Waals surface area contributed by atoms with Gasteiger partial charge in [0, 0.05) is 14.9 Å². The average molecular weight is 283 g/mol. The zero-order valence-corrected chi connectivity index (χ0v) is 10.5. The van der Waals surface area contributed by atoms with Crippen molar-refractivity contribution in [3.05, 3.63) is 39.1 Å². The van der Waals surface area contributed by atoms with Gasteiger partial charge in [-0.05, 0) is 25.1 Å². The highest BCUT2D eigenvalue weighted by molar-refractivity contribution is 9.10. The maximum atomic E-state index is 5.56. The molecule has 1 heterocycles. The van der Waals surface area contributed by atoms with Crippen LogP contribution in [0, 0.1) is 0 Å². The van der Waals surface area contributed by atoms with Gasteiger partial charge in [0.1, 0.15) is 0 Å². The van der Waals surface area contributed by atoms with Crippen molar-refractivity contribution in [3.63, 3.8) is 0 Å². The first kappa shape index (κ1) is 10.8. The molecule has 0 aliphatic carbocycles. The van der Waals surface area contributed by atoms with Crippen molar-refractivity contribution < 1.29 is 0 Å². The summed E-state index contributed by atoms with van der Waals surface area (Å²) in [4.78, 5) is 5.65. The molecule has 0 spiro atoms. The van der Waals surface area contributed by atoms with Crippen LogP contribution in [0.3, 0.4) is 0 Å². The topological polar surface area (TPSA) is 38.9 Å². The third kappa shape index (κ3) is 2.45. The number of thiazole rings is 1. The van der Waals surface area contributed by atoms with Crippen molar-refractivity contribution in [2.24, 2.45) is 5.73 Å². The summed E-state index contributed by atoms with van der Waals surface area (Å²) in [5.74, 6) is 0. The Balaban J connectivity index is 2.36. The van der Waals surface area contributed by atoms with Gasteiger partial charge in [-0.1, -0.05) is 28.1 Å². The van der Waals surface area contributed by atoms with Gasteiger partial charge in [-0.3, -0.25) is 0 Å². The Bertz CT molecular complexity index is 436. The molecule has 78 valence electrons. The molecule has 0 saturated carbocycles. The molecule has 2 N–H and O–H groups in total. The molecular formula is C11H11BrN2S. The molecule has 0 saturated heterocycles. The molecule has 0 amide bonds. The molecule has 0 radical (unpaired) electrons. The van der Waals surface area contributed by atoms with Gasteiger partial charge in [0.25, 0.3) is 0 Å². The summed E-state index contributed by atoms with van der Waals surface area (Å²) >= 11 is 5.09. The van der Waals surface area contributed by atoms with Crippen LogP contribution in [0.4, 0.5) is 0 Å². The molecule has 0 aliphatic rings. The summed E-state index contributed by atoms with van der Waals surface area (Å²) in [5, 5.41) is 0. The first-order valence-electron chi connectivity index (χ1n) is 4.69. The molecule has 2 aromatic rings. The Labute approximate surface area is 101 Å². The van der Waals surface area contributed by atoms with Crippen LogP contribution in [0.25, 0.3) is 11.3 Å². The highest BCUT2D eigenvalue weighted by atomic mass is 79.9. The first-order valence-corrected chi connectivity index (χ1v) is 6.37. The summed E-state index contributed by atoms with van der Waals surface area (Å²) < 4.78 is 1.09. The van der Waals surface area contributed by atoms with Gasteiger partial charge in [-0.2, -0.15) is 0 Å². The number of benzene rings is 1. The SMILES string of the molecule is NCCc1scnc1-c1ccc(Br)cc1. The summed E-state index contributed by atoms with van der Waals surface area (Å²) in [6.45, 7) is 0.672. The van der Waals surface area contributed by atoms with Gasteiger partial charge in [-0.15, -0.1) is 11.3 Å². The van der Waals surface area contributed by atoms with Gasteiger partial charge in [0.15, 0.2) is 0 Å². The Hall–Kier alpha value is -0.710. The second-order valence-corrected chi connectivity index (χ2v) is 5.02. The number of nitrogens with zero attached hydrogens (tertiary/aromatic N) is 1. The fourth-order valence-electron chi connectivity index (χ4n) is 1.42. The van der Waals surface area contributed by atoms with Crippen molar-refractivity contribution >= 4 is 27.3 Å². The van der Waals surface area contributed by atoms with E-state index in [-0.39, 0.29) is 0 Å². The number of hydrogen-bond donors (Lipinski definition) is 1. The molecule has 4 heteroatoms. The number of nitrogens with two attached hydrogens (primary N) is 1. The zero-order valence-electron chi connectivity index (χ0n) is 8.11. The van der Waals surface area contributed by atoms with Crippen LogP contribution in [-0.2, 0) is 6.42 Å². The normalized spacial score (nSPS) is 10.5. The summed E-state index contributed by atoms with van der Waals surface area (Å²) in [5.41, 5.74) is 9.66. The van der Waals surface area contributed by atoms with Crippen LogP contribution in [0.1, 0.15) is 4.88 Å². The molecule has 0 aliphatic heterocycles. The first-order chi connectivity index (χ1) is 7.31. The number of hydrogen-bond acceptors (Lipinski definition) is 3. The summed E-state index contributed by atoms with van der Waals surface area (Å²) in [6, 6.07) is 8.19. The van der Waals surface area contributed by atoms with E-state index >= 15 is 0 Å². The fraction of sp³-hybridized carbons (Fsp3) is 0.182. The summed E-state index contributed by atoms with van der Waals surface area (Å²) in [6.07, 6.45) is 0.899. The second-order valence-electron chi connectivity index (χ2n) is 3.17. The second kappa shape index (κ2) is 4.88. The molecule has 0 unspecified atom stereocenters. The minimum atomic E-state index is 0.672. The van der Waals surface area contributed by atoms with Gasteiger partial charge in [-0.25, -0.2) is 4.98 Å². The standard InChI is InChI=1S/C11H11BrN2S/c12-9-3-1-8(2-4-9)11-10(5-6-13)15-7-14-11/h1-4,7H,5-6,13H2. The van der Waals surface area contributed by atoms with Gasteiger partial charge in [0.05, 0.1) is 11.2 Å². The zero-order chi connectivity index (χ0) is 10.7. The lowest BCUT2D eigenvalue weighted by molar-refractivity contribution is 0.986. The molecule has 15 heavy (non-hydrogen) atoms. The molecule has 0 bridgehead atoms. The predicted octanol–water partition coefficient (Wildman–Crippen LogP) is 3.07. The third-order valence-electron chi connectivity index (χ3n) is 2.13. The van der Waals surface area contributed by atoms with E-state index in [2.05, 4.69) is 33.0 Å². The average Bonchev–Trinajstić information content (AvgIpc) is 2.68. The van der Waals surface area contributed by atoms with Crippen LogP contribution in [0.5, 0.6) is 0 Å².